The molecule has 3 aromatic carbocycles. The number of hydrogen-bond acceptors (Lipinski definition) is 3. The maximum atomic E-state index is 13.7. The summed E-state index contributed by atoms with van der Waals surface area (Å²) in [6, 6.07) is 22.5. The van der Waals surface area contributed by atoms with Crippen LogP contribution in [-0.4, -0.2) is 16.7 Å². The third-order valence-electron chi connectivity index (χ3n) is 6.16. The quantitative estimate of drug-likeness (QED) is 0.506. The summed E-state index contributed by atoms with van der Waals surface area (Å²) < 4.78 is 6.59. The predicted octanol–water partition coefficient (Wildman–Crippen LogP) is 5.45. The number of carbonyl (C=O) groups is 1. The third-order valence-corrected chi connectivity index (χ3v) is 6.71. The van der Waals surface area contributed by atoms with Crippen molar-refractivity contribution in [3.05, 3.63) is 88.9 Å². The molecule has 2 heterocycles. The van der Waals surface area contributed by atoms with Crippen LogP contribution >= 0.6 is 23.8 Å². The van der Waals surface area contributed by atoms with E-state index in [4.69, 9.17) is 28.6 Å². The molecule has 0 spiro atoms. The highest BCUT2D eigenvalue weighted by atomic mass is 35.5. The van der Waals surface area contributed by atoms with Gasteiger partial charge in [-0.25, -0.2) is 0 Å². The van der Waals surface area contributed by atoms with Gasteiger partial charge in [0.05, 0.1) is 6.04 Å². The Morgan fingerprint density at radius 2 is 1.78 bits per heavy atom. The normalized spacial score (nSPS) is 23.6. The molecule has 2 aliphatic rings. The van der Waals surface area contributed by atoms with Crippen molar-refractivity contribution < 1.29 is 9.53 Å². The van der Waals surface area contributed by atoms with E-state index < -0.39 is 11.6 Å². The highest BCUT2D eigenvalue weighted by Crippen LogP contribution is 2.50. The van der Waals surface area contributed by atoms with E-state index in [9.17, 15) is 4.79 Å². The second-order valence-electron chi connectivity index (χ2n) is 8.22. The molecule has 1 amide bonds. The number of rotatable bonds is 3. The van der Waals surface area contributed by atoms with Crippen molar-refractivity contribution in [2.45, 2.75) is 25.6 Å². The number of benzene rings is 3. The van der Waals surface area contributed by atoms with Crippen LogP contribution in [0, 0.1) is 12.8 Å². The lowest BCUT2D eigenvalue weighted by Gasteiger charge is -2.56. The van der Waals surface area contributed by atoms with Crippen molar-refractivity contribution in [3.8, 4) is 5.75 Å². The largest absolute Gasteiger partial charge is 0.467 e. The number of amides is 1. The van der Waals surface area contributed by atoms with E-state index in [1.807, 2.05) is 67.3 Å². The summed E-state index contributed by atoms with van der Waals surface area (Å²) in [7, 11) is 0. The lowest BCUT2D eigenvalue weighted by molar-refractivity contribution is -0.130. The molecule has 3 atom stereocenters. The summed E-state index contributed by atoms with van der Waals surface area (Å²) >= 11 is 11.8. The van der Waals surface area contributed by atoms with Crippen molar-refractivity contribution in [3.63, 3.8) is 0 Å². The number of aryl methyl sites for hydroxylation is 1. The molecule has 0 aliphatic carbocycles. The van der Waals surface area contributed by atoms with Crippen LogP contribution < -0.4 is 20.3 Å². The number of ether oxygens (including phenoxy) is 1. The van der Waals surface area contributed by atoms with Gasteiger partial charge in [0.15, 0.2) is 10.8 Å². The van der Waals surface area contributed by atoms with E-state index in [1.54, 1.807) is 24.3 Å². The molecule has 0 aromatic heterocycles. The Hall–Kier alpha value is -3.09. The van der Waals surface area contributed by atoms with Crippen LogP contribution in [0.4, 0.5) is 11.4 Å². The summed E-state index contributed by atoms with van der Waals surface area (Å²) in [6.45, 7) is 3.95. The third kappa shape index (κ3) is 3.31. The molecule has 0 radical (unpaired) electrons. The average molecular weight is 464 g/mol. The van der Waals surface area contributed by atoms with Crippen LogP contribution in [0.5, 0.6) is 5.75 Å². The summed E-state index contributed by atoms with van der Waals surface area (Å²) in [5.74, 6) is -0.00794. The number of nitrogens with zero attached hydrogens (tertiary/aromatic N) is 1. The van der Waals surface area contributed by atoms with Crippen LogP contribution in [0.1, 0.15) is 24.1 Å². The molecule has 1 saturated heterocycles. The van der Waals surface area contributed by atoms with Crippen molar-refractivity contribution >= 4 is 46.2 Å². The van der Waals surface area contributed by atoms with Gasteiger partial charge in [-0.05, 0) is 68.0 Å². The first kappa shape index (κ1) is 20.8. The highest BCUT2D eigenvalue weighted by molar-refractivity contribution is 7.80. The number of nitrogens with one attached hydrogen (secondary N) is 2. The molecule has 2 bridgehead atoms. The minimum absolute atomic E-state index is 0.164. The van der Waals surface area contributed by atoms with Gasteiger partial charge in [0, 0.05) is 22.0 Å². The summed E-state index contributed by atoms with van der Waals surface area (Å²) in [5.41, 5.74) is 2.48. The lowest BCUT2D eigenvalue weighted by atomic mass is 9.78. The number of anilines is 2. The standard InChI is InChI=1S/C25H22ClN3O2S/c1-15-7-3-5-9-19(15)29-24(32)28-22-18-8-4-6-10-20(18)31-25(29,2)21(22)23(30)27-17-13-11-16(26)12-14-17/h3-14,21-22H,1-2H3,(H,27,30)(H,28,32)/t21-,22-,25-/m0/s1. The van der Waals surface area contributed by atoms with Gasteiger partial charge in [-0.1, -0.05) is 48.0 Å². The van der Waals surface area contributed by atoms with Crippen LogP contribution in [0.2, 0.25) is 5.02 Å². The van der Waals surface area contributed by atoms with Crippen molar-refractivity contribution in [1.82, 2.24) is 5.32 Å². The van der Waals surface area contributed by atoms with Gasteiger partial charge >= 0.3 is 0 Å². The molecule has 1 fully saturated rings. The minimum Gasteiger partial charge on any atom is -0.467 e. The molecule has 2 aliphatic heterocycles. The van der Waals surface area contributed by atoms with Crippen LogP contribution in [0.15, 0.2) is 72.8 Å². The fraction of sp³-hybridized carbons (Fsp3) is 0.200. The molecule has 162 valence electrons. The fourth-order valence-corrected chi connectivity index (χ4v) is 5.19. The zero-order valence-corrected chi connectivity index (χ0v) is 19.2. The molecule has 3 aromatic rings. The van der Waals surface area contributed by atoms with Gasteiger partial charge in [-0.15, -0.1) is 0 Å². The smallest absolute Gasteiger partial charge is 0.236 e. The van der Waals surface area contributed by atoms with E-state index in [-0.39, 0.29) is 11.9 Å². The molecule has 0 unspecified atom stereocenters. The SMILES string of the molecule is Cc1ccccc1N1C(=S)N[C@H]2c3ccccc3O[C@@]1(C)[C@@H]2C(=O)Nc1ccc(Cl)cc1. The van der Waals surface area contributed by atoms with E-state index >= 15 is 0 Å². The van der Waals surface area contributed by atoms with E-state index in [0.717, 1.165) is 22.6 Å². The number of thiocarbonyl (C=S) groups is 1. The molecule has 5 rings (SSSR count). The highest BCUT2D eigenvalue weighted by Gasteiger charge is 2.59. The van der Waals surface area contributed by atoms with Crippen LogP contribution in [0.25, 0.3) is 0 Å². The van der Waals surface area contributed by atoms with Gasteiger partial charge in [-0.3, -0.25) is 9.69 Å². The predicted molar refractivity (Wildman–Crippen MR) is 131 cm³/mol. The Kier molecular flexibility index (Phi) is 5.07. The fourth-order valence-electron chi connectivity index (χ4n) is 4.66. The molecular weight excluding hydrogens is 442 g/mol. The zero-order valence-electron chi connectivity index (χ0n) is 17.6. The summed E-state index contributed by atoms with van der Waals surface area (Å²) in [5, 5.41) is 7.60. The van der Waals surface area contributed by atoms with Crippen molar-refractivity contribution in [2.75, 3.05) is 10.2 Å². The zero-order chi connectivity index (χ0) is 22.5. The van der Waals surface area contributed by atoms with Gasteiger partial charge in [-0.2, -0.15) is 0 Å². The molecule has 2 N–H and O–H groups in total. The topological polar surface area (TPSA) is 53.6 Å². The number of fused-ring (bicyclic) bond motifs is 4. The number of carbonyl (C=O) groups excluding carboxylic acids is 1. The molecule has 7 heteroatoms. The second-order valence-corrected chi connectivity index (χ2v) is 9.04. The van der Waals surface area contributed by atoms with Crippen LogP contribution in [-0.2, 0) is 4.79 Å². The molecular formula is C25H22ClN3O2S. The first-order valence-electron chi connectivity index (χ1n) is 10.4. The average Bonchev–Trinajstić information content (AvgIpc) is 2.76. The Morgan fingerprint density at radius 3 is 2.53 bits per heavy atom. The van der Waals surface area contributed by atoms with Gasteiger partial charge in [0.25, 0.3) is 0 Å². The first-order chi connectivity index (χ1) is 15.4. The van der Waals surface area contributed by atoms with Gasteiger partial charge < -0.3 is 15.4 Å². The monoisotopic (exact) mass is 463 g/mol. The lowest BCUT2D eigenvalue weighted by Crippen LogP contribution is -2.72. The maximum absolute atomic E-state index is 13.7. The molecule has 0 saturated carbocycles. The minimum atomic E-state index is -1.04. The Morgan fingerprint density at radius 1 is 1.09 bits per heavy atom. The number of hydrogen-bond donors (Lipinski definition) is 2. The Balaban J connectivity index is 1.62. The van der Waals surface area contributed by atoms with E-state index in [1.165, 1.54) is 0 Å². The van der Waals surface area contributed by atoms with E-state index in [0.29, 0.717) is 15.8 Å². The number of para-hydroxylation sites is 2. The number of halogens is 1. The second kappa shape index (κ2) is 7.80. The van der Waals surface area contributed by atoms with Gasteiger partial charge in [0.1, 0.15) is 11.7 Å². The Bertz CT molecular complexity index is 1220. The first-order valence-corrected chi connectivity index (χ1v) is 11.2. The Labute approximate surface area is 197 Å². The summed E-state index contributed by atoms with van der Waals surface area (Å²) in [6.07, 6.45) is 0. The van der Waals surface area contributed by atoms with Gasteiger partial charge in [0.2, 0.25) is 5.91 Å². The summed E-state index contributed by atoms with van der Waals surface area (Å²) in [4.78, 5) is 15.6. The van der Waals surface area contributed by atoms with E-state index in [2.05, 4.69) is 10.6 Å². The van der Waals surface area contributed by atoms with Crippen molar-refractivity contribution in [2.24, 2.45) is 5.92 Å². The van der Waals surface area contributed by atoms with Crippen molar-refractivity contribution in [1.29, 1.82) is 0 Å². The molecule has 32 heavy (non-hydrogen) atoms. The molecule has 5 nitrogen and oxygen atoms in total. The van der Waals surface area contributed by atoms with Crippen LogP contribution in [0.3, 0.4) is 0 Å². The maximum Gasteiger partial charge on any atom is 0.236 e.